The fourth-order valence-electron chi connectivity index (χ4n) is 7.00. The molecule has 0 aromatic heterocycles. The van der Waals surface area contributed by atoms with E-state index in [4.69, 9.17) is 14.2 Å². The summed E-state index contributed by atoms with van der Waals surface area (Å²) in [6.07, 6.45) is 41.9. The molecule has 64 heavy (non-hydrogen) atoms. The molecule has 0 fully saturated rings. The Balaban J connectivity index is 7.54. The maximum Gasteiger partial charge on any atom is 0.273 e. The van der Waals surface area contributed by atoms with Gasteiger partial charge < -0.3 is 14.2 Å². The zero-order chi connectivity index (χ0) is 48.5. The second kappa shape index (κ2) is 36.9. The minimum atomic E-state index is -0.886. The quantitative estimate of drug-likeness (QED) is 0.0486. The predicted molar refractivity (Wildman–Crippen MR) is 287 cm³/mol. The van der Waals surface area contributed by atoms with Crippen molar-refractivity contribution < 1.29 is 14.2 Å². The lowest BCUT2D eigenvalue weighted by Gasteiger charge is -2.29. The Bertz CT molecular complexity index is 1480. The summed E-state index contributed by atoms with van der Waals surface area (Å²) in [6.45, 7) is 38.7. The second-order valence-corrected chi connectivity index (χ2v) is 20.1. The average Bonchev–Trinajstić information content (AvgIpc) is 3.17. The summed E-state index contributed by atoms with van der Waals surface area (Å²) in [6, 6.07) is 0. The summed E-state index contributed by atoms with van der Waals surface area (Å²) < 4.78 is 21.5. The van der Waals surface area contributed by atoms with E-state index in [9.17, 15) is 0 Å². The van der Waals surface area contributed by atoms with Crippen LogP contribution in [-0.4, -0.2) is 24.8 Å². The molecule has 3 unspecified atom stereocenters. The number of hydrogen-bond donors (Lipinski definition) is 0. The molecule has 3 nitrogen and oxygen atoms in total. The predicted octanol–water partition coefficient (Wildman–Crippen LogP) is 19.8. The molecule has 0 aromatic carbocycles. The first-order chi connectivity index (χ1) is 30.1. The molecule has 362 valence electrons. The first-order valence-corrected chi connectivity index (χ1v) is 24.9. The normalized spacial score (nSPS) is 14.9. The van der Waals surface area contributed by atoms with E-state index in [-0.39, 0.29) is 18.3 Å². The van der Waals surface area contributed by atoms with Crippen LogP contribution in [0.5, 0.6) is 0 Å². The molecule has 3 heteroatoms. The van der Waals surface area contributed by atoms with Crippen molar-refractivity contribution in [1.29, 1.82) is 0 Å². The van der Waals surface area contributed by atoms with Gasteiger partial charge in [-0.3, -0.25) is 0 Å². The largest absolute Gasteiger partial charge is 0.322 e. The lowest BCUT2D eigenvalue weighted by Crippen LogP contribution is -2.33. The summed E-state index contributed by atoms with van der Waals surface area (Å²) in [5.74, 6) is 0. The fourth-order valence-corrected chi connectivity index (χ4v) is 7.00. The molecule has 0 saturated heterocycles. The van der Waals surface area contributed by atoms with Crippen molar-refractivity contribution >= 4 is 0 Å². The summed E-state index contributed by atoms with van der Waals surface area (Å²) in [5.41, 5.74) is 16.2. The van der Waals surface area contributed by atoms with Crippen molar-refractivity contribution in [3.8, 4) is 0 Å². The third-order valence-corrected chi connectivity index (χ3v) is 10.9. The van der Waals surface area contributed by atoms with Crippen LogP contribution in [0.2, 0.25) is 0 Å². The van der Waals surface area contributed by atoms with Crippen molar-refractivity contribution in [2.45, 2.75) is 246 Å². The topological polar surface area (TPSA) is 27.7 Å². The Hall–Kier alpha value is -3.24. The van der Waals surface area contributed by atoms with Gasteiger partial charge in [-0.15, -0.1) is 0 Å². The van der Waals surface area contributed by atoms with E-state index in [1.807, 2.05) is 0 Å². The van der Waals surface area contributed by atoms with Crippen molar-refractivity contribution in [2.75, 3.05) is 0 Å². The highest BCUT2D eigenvalue weighted by atomic mass is 16.9. The van der Waals surface area contributed by atoms with Gasteiger partial charge in [0.1, 0.15) is 0 Å². The first-order valence-electron chi connectivity index (χ1n) is 24.9. The van der Waals surface area contributed by atoms with Crippen LogP contribution in [0.1, 0.15) is 221 Å². The molecule has 0 aliphatic heterocycles. The fraction of sp³-hybridized carbons (Fsp3) is 0.607. The van der Waals surface area contributed by atoms with E-state index in [0.717, 1.165) is 96.3 Å². The molecule has 0 bridgehead atoms. The number of rotatable bonds is 33. The van der Waals surface area contributed by atoms with Crippen molar-refractivity contribution in [3.63, 3.8) is 0 Å². The van der Waals surface area contributed by atoms with Gasteiger partial charge in [0, 0.05) is 0 Å². The van der Waals surface area contributed by atoms with Crippen LogP contribution in [0.25, 0.3) is 0 Å². The van der Waals surface area contributed by atoms with Gasteiger partial charge in [-0.05, 0) is 221 Å². The van der Waals surface area contributed by atoms with Gasteiger partial charge in [0.25, 0.3) is 6.48 Å². The molecule has 0 radical (unpaired) electrons. The Kier molecular flexibility index (Phi) is 35.0. The van der Waals surface area contributed by atoms with Crippen LogP contribution >= 0.6 is 0 Å². The lowest BCUT2D eigenvalue weighted by atomic mass is 10.0. The van der Waals surface area contributed by atoms with E-state index in [1.165, 1.54) is 66.9 Å². The monoisotopic (exact) mass is 881 g/mol. The van der Waals surface area contributed by atoms with Crippen molar-refractivity contribution in [2.24, 2.45) is 0 Å². The van der Waals surface area contributed by atoms with Gasteiger partial charge in [0.05, 0.1) is 18.3 Å². The number of hydrogen-bond acceptors (Lipinski definition) is 3. The van der Waals surface area contributed by atoms with Crippen LogP contribution < -0.4 is 0 Å². The van der Waals surface area contributed by atoms with E-state index >= 15 is 0 Å². The Morgan fingerprint density at radius 1 is 0.266 bits per heavy atom. The van der Waals surface area contributed by atoms with E-state index in [1.54, 1.807) is 0 Å². The molecule has 0 N–H and O–H groups in total. The zero-order valence-electron chi connectivity index (χ0n) is 45.1. The van der Waals surface area contributed by atoms with Gasteiger partial charge in [0.15, 0.2) is 0 Å². The third kappa shape index (κ3) is 38.1. The molecule has 0 aromatic rings. The SMILES string of the molecule is CC(C)=CCC/C(C)=C\C(C/C=C(\C)CCC=C(C)C)OC(OC(/C=C(/C)CCC=C(C)C)C/C=C(\C)CCC=C(C)C)OC(/C=C(/C)CCC=C(C)C)C/C=C(\C)CCC=C(C)C. The Morgan fingerprint density at radius 3 is 0.641 bits per heavy atom. The molecule has 0 heterocycles. The van der Waals surface area contributed by atoms with Gasteiger partial charge >= 0.3 is 0 Å². The molecular formula is C61H100O3. The van der Waals surface area contributed by atoms with Crippen molar-refractivity contribution in [1.82, 2.24) is 0 Å². The van der Waals surface area contributed by atoms with E-state index in [0.29, 0.717) is 0 Å². The van der Waals surface area contributed by atoms with Crippen LogP contribution in [0, 0.1) is 0 Å². The molecule has 0 saturated carbocycles. The summed E-state index contributed by atoms with van der Waals surface area (Å²) in [5, 5.41) is 0. The summed E-state index contributed by atoms with van der Waals surface area (Å²) >= 11 is 0. The van der Waals surface area contributed by atoms with Crippen LogP contribution in [0.4, 0.5) is 0 Å². The third-order valence-electron chi connectivity index (χ3n) is 10.9. The Morgan fingerprint density at radius 2 is 0.453 bits per heavy atom. The standard InChI is InChI=1S/C61H100O3/c1-46(2)25-19-31-52(13)37-40-58(43-55(16)34-22-28-49(7)8)62-61(63-59(44-56(17)35-23-29-50(9)10)41-38-53(14)32-20-26-47(3)4)64-60(45-57(18)36-24-30-51(11)12)42-39-54(15)33-21-27-48(5)6/h25-30,37-39,43-45,58-61H,19-24,31-36,40-42H2,1-18H3/b52-37+,53-38+,54-39+,55-43-,56-44-,57-45-. The van der Waals surface area contributed by atoms with Gasteiger partial charge in [-0.1, -0.05) is 140 Å². The maximum atomic E-state index is 7.16. The average molecular weight is 881 g/mol. The minimum Gasteiger partial charge on any atom is -0.322 e. The second-order valence-electron chi connectivity index (χ2n) is 20.1. The molecule has 0 rings (SSSR count). The molecule has 0 amide bonds. The van der Waals surface area contributed by atoms with Crippen LogP contribution in [-0.2, 0) is 14.2 Å². The lowest BCUT2D eigenvalue weighted by molar-refractivity contribution is -0.317. The van der Waals surface area contributed by atoms with E-state index < -0.39 is 6.48 Å². The van der Waals surface area contributed by atoms with Crippen LogP contribution in [0.3, 0.4) is 0 Å². The minimum absolute atomic E-state index is 0.218. The zero-order valence-corrected chi connectivity index (χ0v) is 45.1. The molecule has 0 aliphatic rings. The van der Waals surface area contributed by atoms with Gasteiger partial charge in [0.2, 0.25) is 0 Å². The smallest absolute Gasteiger partial charge is 0.273 e. The molecule has 3 atom stereocenters. The number of ether oxygens (including phenoxy) is 3. The highest BCUT2D eigenvalue weighted by Gasteiger charge is 2.24. The van der Waals surface area contributed by atoms with Crippen molar-refractivity contribution in [3.05, 3.63) is 140 Å². The maximum absolute atomic E-state index is 7.16. The molecule has 0 spiro atoms. The highest BCUT2D eigenvalue weighted by molar-refractivity contribution is 5.13. The summed E-state index contributed by atoms with van der Waals surface area (Å²) in [4.78, 5) is 0. The number of allylic oxidation sites excluding steroid dienone is 18. The molecular weight excluding hydrogens is 781 g/mol. The highest BCUT2D eigenvalue weighted by Crippen LogP contribution is 2.24. The Labute approximate surface area is 398 Å². The van der Waals surface area contributed by atoms with E-state index in [2.05, 4.69) is 198 Å². The molecule has 0 aliphatic carbocycles. The summed E-state index contributed by atoms with van der Waals surface area (Å²) in [7, 11) is 0. The van der Waals surface area contributed by atoms with Gasteiger partial charge in [-0.25, -0.2) is 0 Å². The van der Waals surface area contributed by atoms with Gasteiger partial charge in [-0.2, -0.15) is 0 Å². The first kappa shape index (κ1) is 60.8. The van der Waals surface area contributed by atoms with Crippen LogP contribution in [0.15, 0.2) is 140 Å².